The van der Waals surface area contributed by atoms with E-state index in [1.165, 1.54) is 0 Å². The molecule has 0 unspecified atom stereocenters. The van der Waals surface area contributed by atoms with Gasteiger partial charge in [-0.05, 0) is 18.1 Å². The Labute approximate surface area is 176 Å². The van der Waals surface area contributed by atoms with Gasteiger partial charge in [-0.1, -0.05) is 61.5 Å². The molecule has 0 saturated carbocycles. The maximum absolute atomic E-state index is 13.3. The quantitative estimate of drug-likeness (QED) is 0.635. The first kappa shape index (κ1) is 20.0. The Morgan fingerprint density at radius 1 is 1.00 bits per heavy atom. The second-order valence-electron chi connectivity index (χ2n) is 8.04. The summed E-state index contributed by atoms with van der Waals surface area (Å²) < 4.78 is 1.79. The van der Waals surface area contributed by atoms with E-state index in [4.69, 9.17) is 0 Å². The van der Waals surface area contributed by atoms with Crippen molar-refractivity contribution in [3.8, 4) is 22.5 Å². The highest BCUT2D eigenvalue weighted by Crippen LogP contribution is 2.40. The van der Waals surface area contributed by atoms with E-state index < -0.39 is 0 Å². The standard InChI is InChI=1S/C24H26N4O2/c1-16(2)21(29)13-8-14-22(30)28-15-17-9-4-5-10-18(17)24-23(25-26-27(24)3)19-11-6-7-12-20(19)28/h4-7,9-12,16H,8,13-15H2,1-3H3. The molecule has 2 aromatic carbocycles. The summed E-state index contributed by atoms with van der Waals surface area (Å²) in [4.78, 5) is 27.1. The van der Waals surface area contributed by atoms with Crippen LogP contribution in [0.3, 0.4) is 0 Å². The fourth-order valence-electron chi connectivity index (χ4n) is 3.95. The second kappa shape index (κ2) is 8.22. The van der Waals surface area contributed by atoms with Gasteiger partial charge in [0.25, 0.3) is 0 Å². The van der Waals surface area contributed by atoms with Crippen LogP contribution in [0, 0.1) is 5.92 Å². The molecular weight excluding hydrogens is 376 g/mol. The zero-order chi connectivity index (χ0) is 21.3. The van der Waals surface area contributed by atoms with Gasteiger partial charge in [0, 0.05) is 36.9 Å². The number of Topliss-reactive ketones (excluding diaryl/α,β-unsaturated/α-hetero) is 1. The van der Waals surface area contributed by atoms with Crippen molar-refractivity contribution in [3.05, 3.63) is 54.1 Å². The summed E-state index contributed by atoms with van der Waals surface area (Å²) >= 11 is 0. The minimum absolute atomic E-state index is 0.00415. The molecule has 0 N–H and O–H groups in total. The lowest BCUT2D eigenvalue weighted by atomic mass is 9.95. The number of anilines is 1. The highest BCUT2D eigenvalue weighted by Gasteiger charge is 2.28. The Balaban J connectivity index is 1.74. The van der Waals surface area contributed by atoms with Gasteiger partial charge in [-0.2, -0.15) is 0 Å². The van der Waals surface area contributed by atoms with Crippen molar-refractivity contribution in [2.45, 2.75) is 39.7 Å². The Kier molecular flexibility index (Phi) is 5.48. The number of nitrogens with zero attached hydrogens (tertiary/aromatic N) is 4. The first-order valence-electron chi connectivity index (χ1n) is 10.4. The van der Waals surface area contributed by atoms with Crippen LogP contribution in [0.15, 0.2) is 48.5 Å². The number of ketones is 1. The van der Waals surface area contributed by atoms with Gasteiger partial charge in [-0.15, -0.1) is 5.10 Å². The average molecular weight is 402 g/mol. The summed E-state index contributed by atoms with van der Waals surface area (Å²) in [6.07, 6.45) is 1.33. The maximum Gasteiger partial charge on any atom is 0.227 e. The Morgan fingerprint density at radius 3 is 2.47 bits per heavy atom. The molecule has 0 radical (unpaired) electrons. The van der Waals surface area contributed by atoms with Crippen LogP contribution in [-0.2, 0) is 23.2 Å². The van der Waals surface area contributed by atoms with Crippen LogP contribution in [0.5, 0.6) is 0 Å². The third kappa shape index (κ3) is 3.65. The van der Waals surface area contributed by atoms with Crippen LogP contribution in [0.1, 0.15) is 38.7 Å². The van der Waals surface area contributed by atoms with Crippen LogP contribution in [0.4, 0.5) is 5.69 Å². The van der Waals surface area contributed by atoms with Gasteiger partial charge in [0.15, 0.2) is 0 Å². The molecule has 154 valence electrons. The number of hydrogen-bond acceptors (Lipinski definition) is 4. The van der Waals surface area contributed by atoms with Crippen molar-refractivity contribution in [1.29, 1.82) is 0 Å². The summed E-state index contributed by atoms with van der Waals surface area (Å²) in [5.41, 5.74) is 5.52. The van der Waals surface area contributed by atoms with Crippen LogP contribution in [0.25, 0.3) is 22.5 Å². The van der Waals surface area contributed by atoms with E-state index in [0.29, 0.717) is 25.8 Å². The van der Waals surface area contributed by atoms with Gasteiger partial charge in [0.05, 0.1) is 17.9 Å². The number of hydrogen-bond donors (Lipinski definition) is 0. The third-order valence-corrected chi connectivity index (χ3v) is 5.64. The number of aromatic nitrogens is 3. The molecule has 3 aromatic rings. The van der Waals surface area contributed by atoms with Crippen molar-refractivity contribution in [2.24, 2.45) is 13.0 Å². The molecule has 0 saturated heterocycles. The zero-order valence-corrected chi connectivity index (χ0v) is 17.6. The van der Waals surface area contributed by atoms with E-state index in [0.717, 1.165) is 33.8 Å². The van der Waals surface area contributed by atoms with Crippen LogP contribution < -0.4 is 4.90 Å². The largest absolute Gasteiger partial charge is 0.307 e. The van der Waals surface area contributed by atoms with Crippen molar-refractivity contribution >= 4 is 17.4 Å². The first-order chi connectivity index (χ1) is 14.5. The Hall–Kier alpha value is -3.28. The Bertz CT molecular complexity index is 1100. The summed E-state index contributed by atoms with van der Waals surface area (Å²) in [6.45, 7) is 4.26. The van der Waals surface area contributed by atoms with Gasteiger partial charge in [0.1, 0.15) is 11.5 Å². The summed E-state index contributed by atoms with van der Waals surface area (Å²) in [7, 11) is 1.89. The molecule has 0 fully saturated rings. The van der Waals surface area contributed by atoms with Gasteiger partial charge in [-0.25, -0.2) is 4.68 Å². The second-order valence-corrected chi connectivity index (χ2v) is 8.04. The molecule has 0 spiro atoms. The topological polar surface area (TPSA) is 68.1 Å². The van der Waals surface area contributed by atoms with E-state index in [9.17, 15) is 9.59 Å². The van der Waals surface area contributed by atoms with Gasteiger partial charge in [-0.3, -0.25) is 9.59 Å². The molecule has 6 nitrogen and oxygen atoms in total. The predicted molar refractivity (Wildman–Crippen MR) is 117 cm³/mol. The normalized spacial score (nSPS) is 12.6. The molecule has 0 aliphatic carbocycles. The van der Waals surface area contributed by atoms with E-state index in [-0.39, 0.29) is 17.6 Å². The Morgan fingerprint density at radius 2 is 1.70 bits per heavy atom. The molecule has 1 amide bonds. The van der Waals surface area contributed by atoms with Crippen molar-refractivity contribution in [3.63, 3.8) is 0 Å². The number of carbonyl (C=O) groups is 2. The lowest BCUT2D eigenvalue weighted by Crippen LogP contribution is -2.31. The van der Waals surface area contributed by atoms with Crippen LogP contribution in [-0.4, -0.2) is 26.7 Å². The van der Waals surface area contributed by atoms with E-state index in [1.54, 1.807) is 4.68 Å². The number of carbonyl (C=O) groups excluding carboxylic acids is 2. The smallest absolute Gasteiger partial charge is 0.227 e. The fourth-order valence-corrected chi connectivity index (χ4v) is 3.95. The van der Waals surface area contributed by atoms with Crippen molar-refractivity contribution in [1.82, 2.24) is 15.0 Å². The van der Waals surface area contributed by atoms with Crippen molar-refractivity contribution in [2.75, 3.05) is 4.90 Å². The maximum atomic E-state index is 13.3. The number of para-hydroxylation sites is 1. The summed E-state index contributed by atoms with van der Waals surface area (Å²) in [5, 5.41) is 8.69. The molecular formula is C24H26N4O2. The number of amides is 1. The van der Waals surface area contributed by atoms with E-state index in [2.05, 4.69) is 16.4 Å². The number of aryl methyl sites for hydroxylation is 1. The van der Waals surface area contributed by atoms with Crippen LogP contribution in [0.2, 0.25) is 0 Å². The van der Waals surface area contributed by atoms with Crippen molar-refractivity contribution < 1.29 is 9.59 Å². The SMILES string of the molecule is CC(C)C(=O)CCCC(=O)N1Cc2ccccc2-c2c(nnn2C)-c2ccccc21. The van der Waals surface area contributed by atoms with E-state index in [1.807, 2.05) is 68.3 Å². The zero-order valence-electron chi connectivity index (χ0n) is 17.6. The lowest BCUT2D eigenvalue weighted by molar-refractivity contribution is -0.122. The molecule has 4 rings (SSSR count). The first-order valence-corrected chi connectivity index (χ1v) is 10.4. The molecule has 2 heterocycles. The number of benzene rings is 2. The van der Waals surface area contributed by atoms with Gasteiger partial charge >= 0.3 is 0 Å². The van der Waals surface area contributed by atoms with Gasteiger partial charge < -0.3 is 4.90 Å². The number of fused-ring (bicyclic) bond motifs is 5. The predicted octanol–water partition coefficient (Wildman–Crippen LogP) is 4.39. The minimum Gasteiger partial charge on any atom is -0.307 e. The van der Waals surface area contributed by atoms with E-state index >= 15 is 0 Å². The molecule has 1 aliphatic rings. The lowest BCUT2D eigenvalue weighted by Gasteiger charge is -2.28. The molecule has 0 atom stereocenters. The highest BCUT2D eigenvalue weighted by molar-refractivity contribution is 6.00. The van der Waals surface area contributed by atoms with Crippen LogP contribution >= 0.6 is 0 Å². The third-order valence-electron chi connectivity index (χ3n) is 5.64. The monoisotopic (exact) mass is 402 g/mol. The fraction of sp³-hybridized carbons (Fsp3) is 0.333. The molecule has 1 aromatic heterocycles. The highest BCUT2D eigenvalue weighted by atomic mass is 16.2. The molecule has 1 aliphatic heterocycles. The summed E-state index contributed by atoms with van der Waals surface area (Å²) in [6, 6.07) is 15.9. The summed E-state index contributed by atoms with van der Waals surface area (Å²) in [5.74, 6) is 0.219. The minimum atomic E-state index is 0.00415. The molecule has 0 bridgehead atoms. The van der Waals surface area contributed by atoms with Gasteiger partial charge in [0.2, 0.25) is 5.91 Å². The molecule has 6 heteroatoms. The number of rotatable bonds is 5. The average Bonchev–Trinajstić information content (AvgIpc) is 3.11. The molecule has 30 heavy (non-hydrogen) atoms.